The molecule has 0 spiro atoms. The molecule has 1 fully saturated rings. The number of halogens is 1. The molecule has 2 rings (SSSR count). The molecule has 1 unspecified atom stereocenters. The molecule has 1 aromatic carbocycles. The maximum Gasteiger partial charge on any atom is 0.317 e. The minimum Gasteiger partial charge on any atom is -0.333 e. The molecular weight excluding hydrogens is 287 g/mol. The second-order valence-corrected chi connectivity index (χ2v) is 7.65. The standard InChI is InChI=1S/C16H23FN2OS/c1-16(2,3)18-15(20)19-9-8-14(21-11-10-19)12-6-4-5-7-13(12)17/h4-7,14H,8-11H2,1-3H3,(H,18,20). The Kier molecular flexibility index (Phi) is 5.14. The monoisotopic (exact) mass is 310 g/mol. The van der Waals surface area contributed by atoms with E-state index < -0.39 is 0 Å². The van der Waals surface area contributed by atoms with Crippen LogP contribution in [0, 0.1) is 5.82 Å². The number of carbonyl (C=O) groups excluding carboxylic acids is 1. The summed E-state index contributed by atoms with van der Waals surface area (Å²) in [5, 5.41) is 3.11. The zero-order valence-electron chi connectivity index (χ0n) is 12.9. The van der Waals surface area contributed by atoms with Crippen molar-refractivity contribution in [2.45, 2.75) is 38.0 Å². The maximum absolute atomic E-state index is 13.9. The number of urea groups is 1. The lowest BCUT2D eigenvalue weighted by atomic mass is 10.1. The van der Waals surface area contributed by atoms with E-state index in [2.05, 4.69) is 5.32 Å². The number of benzene rings is 1. The van der Waals surface area contributed by atoms with Gasteiger partial charge in [0, 0.05) is 35.2 Å². The maximum atomic E-state index is 13.9. The van der Waals surface area contributed by atoms with Crippen molar-refractivity contribution in [3.05, 3.63) is 35.6 Å². The number of thioether (sulfide) groups is 1. The van der Waals surface area contributed by atoms with Crippen LogP contribution in [0.5, 0.6) is 0 Å². The molecule has 1 N–H and O–H groups in total. The van der Waals surface area contributed by atoms with Crippen LogP contribution in [-0.2, 0) is 0 Å². The van der Waals surface area contributed by atoms with E-state index in [1.165, 1.54) is 6.07 Å². The van der Waals surface area contributed by atoms with Crippen LogP contribution in [0.2, 0.25) is 0 Å². The number of amides is 2. The SMILES string of the molecule is CC(C)(C)NC(=O)N1CCSC(c2ccccc2F)CC1. The lowest BCUT2D eigenvalue weighted by molar-refractivity contribution is 0.192. The summed E-state index contributed by atoms with van der Waals surface area (Å²) in [7, 11) is 0. The Hall–Kier alpha value is -1.23. The van der Waals surface area contributed by atoms with E-state index in [9.17, 15) is 9.18 Å². The molecule has 1 heterocycles. The summed E-state index contributed by atoms with van der Waals surface area (Å²) in [6, 6.07) is 6.90. The van der Waals surface area contributed by atoms with E-state index in [1.54, 1.807) is 17.8 Å². The van der Waals surface area contributed by atoms with Gasteiger partial charge in [0.05, 0.1) is 0 Å². The number of hydrogen-bond acceptors (Lipinski definition) is 2. The summed E-state index contributed by atoms with van der Waals surface area (Å²) >= 11 is 1.73. The Balaban J connectivity index is 1.99. The molecule has 0 bridgehead atoms. The molecule has 0 aliphatic carbocycles. The highest BCUT2D eigenvalue weighted by Crippen LogP contribution is 2.35. The van der Waals surface area contributed by atoms with Crippen LogP contribution in [0.15, 0.2) is 24.3 Å². The molecule has 0 aromatic heterocycles. The average molecular weight is 310 g/mol. The van der Waals surface area contributed by atoms with Gasteiger partial charge in [-0.1, -0.05) is 18.2 Å². The number of hydrogen-bond donors (Lipinski definition) is 1. The van der Waals surface area contributed by atoms with Crippen LogP contribution in [0.25, 0.3) is 0 Å². The van der Waals surface area contributed by atoms with Crippen molar-refractivity contribution < 1.29 is 9.18 Å². The highest BCUT2D eigenvalue weighted by molar-refractivity contribution is 7.99. The van der Waals surface area contributed by atoms with Crippen molar-refractivity contribution in [1.82, 2.24) is 10.2 Å². The summed E-state index contributed by atoms with van der Waals surface area (Å²) < 4.78 is 13.9. The number of carbonyl (C=O) groups is 1. The molecule has 1 aliphatic rings. The fourth-order valence-electron chi connectivity index (χ4n) is 2.36. The summed E-state index contributed by atoms with van der Waals surface area (Å²) in [6.07, 6.45) is 0.781. The first-order valence-corrected chi connectivity index (χ1v) is 8.35. The molecule has 1 atom stereocenters. The van der Waals surface area contributed by atoms with Gasteiger partial charge in [-0.25, -0.2) is 9.18 Å². The van der Waals surface area contributed by atoms with Crippen molar-refractivity contribution in [1.29, 1.82) is 0 Å². The van der Waals surface area contributed by atoms with Crippen LogP contribution in [-0.4, -0.2) is 35.3 Å². The van der Waals surface area contributed by atoms with Gasteiger partial charge in [-0.05, 0) is 33.3 Å². The molecule has 2 amide bonds. The molecule has 5 heteroatoms. The van der Waals surface area contributed by atoms with Crippen molar-refractivity contribution in [3.8, 4) is 0 Å². The van der Waals surface area contributed by atoms with Crippen molar-refractivity contribution >= 4 is 17.8 Å². The van der Waals surface area contributed by atoms with Gasteiger partial charge in [0.15, 0.2) is 0 Å². The number of nitrogens with zero attached hydrogens (tertiary/aromatic N) is 1. The van der Waals surface area contributed by atoms with E-state index in [0.717, 1.165) is 17.7 Å². The normalized spacial score (nSPS) is 20.0. The average Bonchev–Trinajstić information content (AvgIpc) is 2.63. The van der Waals surface area contributed by atoms with Gasteiger partial charge >= 0.3 is 6.03 Å². The topological polar surface area (TPSA) is 32.3 Å². The Bertz CT molecular complexity index is 501. The van der Waals surface area contributed by atoms with Gasteiger partial charge in [-0.3, -0.25) is 0 Å². The van der Waals surface area contributed by atoms with Crippen LogP contribution in [0.4, 0.5) is 9.18 Å². The highest BCUT2D eigenvalue weighted by atomic mass is 32.2. The minimum absolute atomic E-state index is 0.0303. The highest BCUT2D eigenvalue weighted by Gasteiger charge is 2.25. The Morgan fingerprint density at radius 2 is 2.05 bits per heavy atom. The second kappa shape index (κ2) is 6.69. The second-order valence-electron chi connectivity index (χ2n) is 6.34. The zero-order valence-corrected chi connectivity index (χ0v) is 13.7. The van der Waals surface area contributed by atoms with E-state index in [-0.39, 0.29) is 22.6 Å². The molecule has 21 heavy (non-hydrogen) atoms. The lowest BCUT2D eigenvalue weighted by Crippen LogP contribution is -2.49. The predicted octanol–water partition coefficient (Wildman–Crippen LogP) is 3.81. The van der Waals surface area contributed by atoms with E-state index in [4.69, 9.17) is 0 Å². The molecular formula is C16H23FN2OS. The quantitative estimate of drug-likeness (QED) is 0.855. The molecule has 3 nitrogen and oxygen atoms in total. The first-order valence-electron chi connectivity index (χ1n) is 7.30. The van der Waals surface area contributed by atoms with Crippen LogP contribution >= 0.6 is 11.8 Å². The van der Waals surface area contributed by atoms with Gasteiger partial charge in [-0.15, -0.1) is 0 Å². The Morgan fingerprint density at radius 3 is 2.71 bits per heavy atom. The fourth-order valence-corrected chi connectivity index (χ4v) is 3.61. The first-order chi connectivity index (χ1) is 9.87. The number of nitrogens with one attached hydrogen (secondary N) is 1. The van der Waals surface area contributed by atoms with E-state index >= 15 is 0 Å². The molecule has 116 valence electrons. The third kappa shape index (κ3) is 4.63. The molecule has 1 saturated heterocycles. The van der Waals surface area contributed by atoms with Crippen LogP contribution in [0.3, 0.4) is 0 Å². The van der Waals surface area contributed by atoms with E-state index in [1.807, 2.05) is 37.8 Å². The van der Waals surface area contributed by atoms with Gasteiger partial charge in [0.25, 0.3) is 0 Å². The van der Waals surface area contributed by atoms with Crippen molar-refractivity contribution in [2.24, 2.45) is 0 Å². The van der Waals surface area contributed by atoms with Gasteiger partial charge in [0.2, 0.25) is 0 Å². The van der Waals surface area contributed by atoms with Gasteiger partial charge in [0.1, 0.15) is 5.82 Å². The van der Waals surface area contributed by atoms with Crippen LogP contribution in [0.1, 0.15) is 38.0 Å². The van der Waals surface area contributed by atoms with Crippen molar-refractivity contribution in [2.75, 3.05) is 18.8 Å². The first kappa shape index (κ1) is 16.1. The van der Waals surface area contributed by atoms with Crippen LogP contribution < -0.4 is 5.32 Å². The molecule has 0 saturated carbocycles. The Labute approximate surface area is 130 Å². The summed E-state index contributed by atoms with van der Waals surface area (Å²) in [5.74, 6) is 0.680. The lowest BCUT2D eigenvalue weighted by Gasteiger charge is -2.27. The fraction of sp³-hybridized carbons (Fsp3) is 0.562. The third-order valence-corrected chi connectivity index (χ3v) is 4.67. The van der Waals surface area contributed by atoms with Gasteiger partial charge < -0.3 is 10.2 Å². The molecule has 0 radical (unpaired) electrons. The van der Waals surface area contributed by atoms with E-state index in [0.29, 0.717) is 13.1 Å². The Morgan fingerprint density at radius 1 is 1.33 bits per heavy atom. The molecule has 1 aliphatic heterocycles. The molecule has 1 aromatic rings. The largest absolute Gasteiger partial charge is 0.333 e. The zero-order chi connectivity index (χ0) is 15.5. The summed E-state index contributed by atoms with van der Waals surface area (Å²) in [4.78, 5) is 14.0. The van der Waals surface area contributed by atoms with Gasteiger partial charge in [-0.2, -0.15) is 11.8 Å². The van der Waals surface area contributed by atoms with Crippen molar-refractivity contribution in [3.63, 3.8) is 0 Å². The smallest absolute Gasteiger partial charge is 0.317 e. The number of rotatable bonds is 1. The third-order valence-electron chi connectivity index (χ3n) is 3.36. The predicted molar refractivity (Wildman–Crippen MR) is 86.1 cm³/mol. The summed E-state index contributed by atoms with van der Waals surface area (Å²) in [6.45, 7) is 7.28. The summed E-state index contributed by atoms with van der Waals surface area (Å²) in [5.41, 5.74) is 0.516. The minimum atomic E-state index is -0.235.